The first-order chi connectivity index (χ1) is 13.8. The van der Waals surface area contributed by atoms with Crippen LogP contribution in [0.5, 0.6) is 0 Å². The number of halogens is 1. The van der Waals surface area contributed by atoms with Gasteiger partial charge >= 0.3 is 0 Å². The van der Waals surface area contributed by atoms with Crippen LogP contribution in [-0.4, -0.2) is 9.55 Å². The summed E-state index contributed by atoms with van der Waals surface area (Å²) in [7, 11) is 0. The number of nitrogens with zero attached hydrogens (tertiary/aromatic N) is 2. The molecule has 0 bridgehead atoms. The van der Waals surface area contributed by atoms with E-state index in [2.05, 4.69) is 59.2 Å². The lowest BCUT2D eigenvalue weighted by Gasteiger charge is -2.10. The Morgan fingerprint density at radius 2 is 1.18 bits per heavy atom. The molecule has 0 aliphatic heterocycles. The van der Waals surface area contributed by atoms with Crippen molar-refractivity contribution in [2.24, 2.45) is 0 Å². The molecule has 0 radical (unpaired) electrons. The van der Waals surface area contributed by atoms with Gasteiger partial charge in [0.1, 0.15) is 5.82 Å². The van der Waals surface area contributed by atoms with Crippen molar-refractivity contribution in [1.29, 1.82) is 0 Å². The third-order valence-corrected chi connectivity index (χ3v) is 5.15. The smallest absolute Gasteiger partial charge is 0.145 e. The van der Waals surface area contributed by atoms with Gasteiger partial charge in [0.05, 0.1) is 11.0 Å². The first-order valence-corrected chi connectivity index (χ1v) is 9.57. The molecular formula is C25H17ClN2. The zero-order valence-corrected chi connectivity index (χ0v) is 15.8. The summed E-state index contributed by atoms with van der Waals surface area (Å²) >= 11 is 6.10. The Kier molecular flexibility index (Phi) is 4.19. The monoisotopic (exact) mass is 380 g/mol. The summed E-state index contributed by atoms with van der Waals surface area (Å²) in [6.07, 6.45) is 0. The number of rotatable bonds is 3. The van der Waals surface area contributed by atoms with Crippen molar-refractivity contribution in [3.05, 3.63) is 108 Å². The first kappa shape index (κ1) is 16.8. The maximum atomic E-state index is 6.10. The van der Waals surface area contributed by atoms with E-state index in [0.29, 0.717) is 0 Å². The van der Waals surface area contributed by atoms with E-state index in [1.54, 1.807) is 0 Å². The predicted octanol–water partition coefficient (Wildman–Crippen LogP) is 7.01. The normalized spacial score (nSPS) is 11.0. The molecule has 0 amide bonds. The number of imidazole rings is 1. The Bertz CT molecular complexity index is 1240. The average molecular weight is 381 g/mol. The molecule has 0 saturated carbocycles. The van der Waals surface area contributed by atoms with Gasteiger partial charge in [-0.25, -0.2) is 4.98 Å². The molecule has 0 unspecified atom stereocenters. The minimum absolute atomic E-state index is 0.724. The number of hydrogen-bond donors (Lipinski definition) is 0. The quantitative estimate of drug-likeness (QED) is 0.329. The van der Waals surface area contributed by atoms with E-state index < -0.39 is 0 Å². The molecule has 5 aromatic rings. The maximum absolute atomic E-state index is 6.10. The van der Waals surface area contributed by atoms with E-state index in [1.165, 1.54) is 11.1 Å². The topological polar surface area (TPSA) is 17.8 Å². The number of benzene rings is 4. The number of aromatic nitrogens is 2. The molecule has 1 aromatic heterocycles. The van der Waals surface area contributed by atoms with Crippen LogP contribution >= 0.6 is 11.6 Å². The van der Waals surface area contributed by atoms with Crippen molar-refractivity contribution in [1.82, 2.24) is 9.55 Å². The molecule has 1 heterocycles. The molecule has 0 fully saturated rings. The molecule has 0 aliphatic rings. The van der Waals surface area contributed by atoms with Crippen LogP contribution < -0.4 is 0 Å². The highest BCUT2D eigenvalue weighted by Crippen LogP contribution is 2.30. The van der Waals surface area contributed by atoms with Gasteiger partial charge in [-0.15, -0.1) is 0 Å². The van der Waals surface area contributed by atoms with Crippen molar-refractivity contribution in [2.75, 3.05) is 0 Å². The second kappa shape index (κ2) is 6.99. The Hall–Kier alpha value is -3.36. The van der Waals surface area contributed by atoms with Gasteiger partial charge in [0, 0.05) is 16.3 Å². The second-order valence-corrected chi connectivity index (χ2v) is 7.12. The summed E-state index contributed by atoms with van der Waals surface area (Å²) in [5, 5.41) is 0.724. The number of fused-ring (bicyclic) bond motifs is 1. The Morgan fingerprint density at radius 1 is 0.571 bits per heavy atom. The van der Waals surface area contributed by atoms with Crippen LogP contribution in [0.1, 0.15) is 0 Å². The lowest BCUT2D eigenvalue weighted by atomic mass is 10.0. The largest absolute Gasteiger partial charge is 0.292 e. The molecule has 0 aliphatic carbocycles. The second-order valence-electron chi connectivity index (χ2n) is 6.68. The van der Waals surface area contributed by atoms with E-state index in [9.17, 15) is 0 Å². The molecule has 0 saturated heterocycles. The van der Waals surface area contributed by atoms with Crippen LogP contribution in [0, 0.1) is 0 Å². The summed E-state index contributed by atoms with van der Waals surface area (Å²) in [5.41, 5.74) is 6.57. The first-order valence-electron chi connectivity index (χ1n) is 9.19. The van der Waals surface area contributed by atoms with E-state index in [0.717, 1.165) is 33.1 Å². The average Bonchev–Trinajstić information content (AvgIpc) is 3.15. The lowest BCUT2D eigenvalue weighted by molar-refractivity contribution is 1.10. The molecule has 0 atom stereocenters. The maximum Gasteiger partial charge on any atom is 0.145 e. The van der Waals surface area contributed by atoms with Crippen LogP contribution in [0.4, 0.5) is 0 Å². The van der Waals surface area contributed by atoms with Crippen molar-refractivity contribution >= 4 is 22.6 Å². The molecule has 0 spiro atoms. The summed E-state index contributed by atoms with van der Waals surface area (Å²) in [5.74, 6) is 0.920. The molecule has 28 heavy (non-hydrogen) atoms. The zero-order chi connectivity index (χ0) is 18.9. The molecule has 0 N–H and O–H groups in total. The minimum Gasteiger partial charge on any atom is -0.292 e. The molecule has 4 aromatic carbocycles. The van der Waals surface area contributed by atoms with Crippen LogP contribution in [0.2, 0.25) is 5.02 Å². The van der Waals surface area contributed by atoms with Gasteiger partial charge in [0.25, 0.3) is 0 Å². The van der Waals surface area contributed by atoms with E-state index in [-0.39, 0.29) is 0 Å². The highest BCUT2D eigenvalue weighted by Gasteiger charge is 2.14. The fraction of sp³-hybridized carbons (Fsp3) is 0. The highest BCUT2D eigenvalue weighted by molar-refractivity contribution is 6.30. The van der Waals surface area contributed by atoms with E-state index in [1.807, 2.05) is 48.5 Å². The van der Waals surface area contributed by atoms with E-state index in [4.69, 9.17) is 16.6 Å². The Labute approximate surface area is 168 Å². The lowest BCUT2D eigenvalue weighted by Crippen LogP contribution is -1.97. The van der Waals surface area contributed by atoms with Crippen molar-refractivity contribution in [2.45, 2.75) is 0 Å². The van der Waals surface area contributed by atoms with Gasteiger partial charge in [-0.3, -0.25) is 4.57 Å². The zero-order valence-electron chi connectivity index (χ0n) is 15.1. The fourth-order valence-electron chi connectivity index (χ4n) is 3.51. The van der Waals surface area contributed by atoms with Gasteiger partial charge in [-0.05, 0) is 47.5 Å². The van der Waals surface area contributed by atoms with Crippen molar-refractivity contribution in [3.63, 3.8) is 0 Å². The molecule has 5 rings (SSSR count). The van der Waals surface area contributed by atoms with Crippen LogP contribution in [0.3, 0.4) is 0 Å². The number of para-hydroxylation sites is 2. The summed E-state index contributed by atoms with van der Waals surface area (Å²) in [6, 6.07) is 35.0. The van der Waals surface area contributed by atoms with Crippen LogP contribution in [0.25, 0.3) is 39.2 Å². The van der Waals surface area contributed by atoms with Crippen molar-refractivity contribution in [3.8, 4) is 28.2 Å². The number of hydrogen-bond acceptors (Lipinski definition) is 1. The van der Waals surface area contributed by atoms with Crippen LogP contribution in [0.15, 0.2) is 103 Å². The Balaban J connectivity index is 1.66. The SMILES string of the molecule is Clc1ccc(-n2c(-c3ccc(-c4ccccc4)cc3)nc3ccccc32)cc1. The third kappa shape index (κ3) is 2.98. The predicted molar refractivity (Wildman–Crippen MR) is 117 cm³/mol. The third-order valence-electron chi connectivity index (χ3n) is 4.90. The van der Waals surface area contributed by atoms with Gasteiger partial charge in [0.15, 0.2) is 0 Å². The van der Waals surface area contributed by atoms with Crippen LogP contribution in [-0.2, 0) is 0 Å². The van der Waals surface area contributed by atoms with Gasteiger partial charge < -0.3 is 0 Å². The van der Waals surface area contributed by atoms with Crippen molar-refractivity contribution < 1.29 is 0 Å². The highest BCUT2D eigenvalue weighted by atomic mass is 35.5. The Morgan fingerprint density at radius 3 is 1.93 bits per heavy atom. The molecule has 3 heteroatoms. The van der Waals surface area contributed by atoms with E-state index >= 15 is 0 Å². The van der Waals surface area contributed by atoms with Gasteiger partial charge in [-0.2, -0.15) is 0 Å². The van der Waals surface area contributed by atoms with Gasteiger partial charge in [-0.1, -0.05) is 78.3 Å². The summed E-state index contributed by atoms with van der Waals surface area (Å²) in [4.78, 5) is 4.91. The van der Waals surface area contributed by atoms with Gasteiger partial charge in [0.2, 0.25) is 0 Å². The molecular weight excluding hydrogens is 364 g/mol. The molecule has 2 nitrogen and oxygen atoms in total. The minimum atomic E-state index is 0.724. The molecule has 134 valence electrons. The summed E-state index contributed by atoms with van der Waals surface area (Å²) < 4.78 is 2.18. The standard InChI is InChI=1S/C25H17ClN2/c26-21-14-16-22(17-15-21)28-24-9-5-4-8-23(24)27-25(28)20-12-10-19(11-13-20)18-6-2-1-3-7-18/h1-17H. The fourth-order valence-corrected chi connectivity index (χ4v) is 3.64. The summed E-state index contributed by atoms with van der Waals surface area (Å²) in [6.45, 7) is 0.